The van der Waals surface area contributed by atoms with Gasteiger partial charge in [0.25, 0.3) is 0 Å². The molecule has 0 heterocycles. The van der Waals surface area contributed by atoms with Gasteiger partial charge in [-0.3, -0.25) is 9.59 Å². The SMILES string of the molecule is O=C(O)[C@H](Br)CCCNC(=O)C(F)(F)F. The Morgan fingerprint density at radius 2 is 1.93 bits per heavy atom. The van der Waals surface area contributed by atoms with Gasteiger partial charge in [-0.1, -0.05) is 15.9 Å². The molecule has 8 heteroatoms. The number of alkyl halides is 4. The molecule has 0 bridgehead atoms. The van der Waals surface area contributed by atoms with Crippen LogP contribution in [-0.2, 0) is 9.59 Å². The maximum absolute atomic E-state index is 11.6. The van der Waals surface area contributed by atoms with E-state index < -0.39 is 22.9 Å². The molecule has 4 nitrogen and oxygen atoms in total. The first-order chi connectivity index (χ1) is 6.75. The van der Waals surface area contributed by atoms with Crippen LogP contribution in [0.4, 0.5) is 13.2 Å². The minimum absolute atomic E-state index is 0.146. The van der Waals surface area contributed by atoms with E-state index in [9.17, 15) is 22.8 Å². The van der Waals surface area contributed by atoms with E-state index in [1.54, 1.807) is 5.32 Å². The molecule has 1 amide bonds. The van der Waals surface area contributed by atoms with Crippen LogP contribution in [0.25, 0.3) is 0 Å². The summed E-state index contributed by atoms with van der Waals surface area (Å²) in [5, 5.41) is 10.0. The first kappa shape index (κ1) is 14.2. The fraction of sp³-hybridized carbons (Fsp3) is 0.714. The summed E-state index contributed by atoms with van der Waals surface area (Å²) in [4.78, 5) is 19.7. The molecule has 88 valence electrons. The number of hydrogen-bond donors (Lipinski definition) is 2. The number of carbonyl (C=O) groups is 2. The van der Waals surface area contributed by atoms with E-state index in [-0.39, 0.29) is 19.4 Å². The van der Waals surface area contributed by atoms with Gasteiger partial charge in [0.1, 0.15) is 4.83 Å². The maximum Gasteiger partial charge on any atom is 0.471 e. The third kappa shape index (κ3) is 6.32. The number of halogens is 4. The zero-order chi connectivity index (χ0) is 12.1. The van der Waals surface area contributed by atoms with Crippen molar-refractivity contribution in [2.24, 2.45) is 0 Å². The third-order valence-electron chi connectivity index (χ3n) is 1.45. The van der Waals surface area contributed by atoms with Gasteiger partial charge in [0.2, 0.25) is 0 Å². The van der Waals surface area contributed by atoms with Crippen LogP contribution in [0.1, 0.15) is 12.8 Å². The van der Waals surface area contributed by atoms with E-state index in [1.807, 2.05) is 0 Å². The van der Waals surface area contributed by atoms with Crippen LogP contribution in [0.2, 0.25) is 0 Å². The Labute approximate surface area is 92.0 Å². The van der Waals surface area contributed by atoms with E-state index in [2.05, 4.69) is 15.9 Å². The van der Waals surface area contributed by atoms with E-state index >= 15 is 0 Å². The fourth-order valence-electron chi connectivity index (χ4n) is 0.707. The van der Waals surface area contributed by atoms with Gasteiger partial charge < -0.3 is 10.4 Å². The molecule has 0 saturated heterocycles. The lowest BCUT2D eigenvalue weighted by Gasteiger charge is -2.08. The highest BCUT2D eigenvalue weighted by atomic mass is 79.9. The van der Waals surface area contributed by atoms with Crippen LogP contribution in [0.3, 0.4) is 0 Å². The standard InChI is InChI=1S/C7H9BrF3NO3/c8-4(5(13)14)2-1-3-12-6(15)7(9,10)11/h4H,1-3H2,(H,12,15)(H,13,14)/t4-/m1/s1. The van der Waals surface area contributed by atoms with E-state index in [0.717, 1.165) is 0 Å². The highest BCUT2D eigenvalue weighted by molar-refractivity contribution is 9.10. The summed E-state index contributed by atoms with van der Waals surface area (Å²) in [6.45, 7) is -0.201. The molecule has 0 aliphatic heterocycles. The molecule has 0 aliphatic carbocycles. The molecule has 2 N–H and O–H groups in total. The van der Waals surface area contributed by atoms with Crippen molar-refractivity contribution in [2.45, 2.75) is 23.8 Å². The van der Waals surface area contributed by atoms with Crippen molar-refractivity contribution in [1.82, 2.24) is 5.32 Å². The summed E-state index contributed by atoms with van der Waals surface area (Å²) in [6.07, 6.45) is -4.59. The topological polar surface area (TPSA) is 66.4 Å². The molecule has 0 saturated carbocycles. The second-order valence-electron chi connectivity index (χ2n) is 2.70. The summed E-state index contributed by atoms with van der Waals surface area (Å²) in [7, 11) is 0. The molecule has 0 radical (unpaired) electrons. The van der Waals surface area contributed by atoms with Crippen molar-refractivity contribution in [3.63, 3.8) is 0 Å². The van der Waals surface area contributed by atoms with Crippen LogP contribution in [0.15, 0.2) is 0 Å². The number of carboxylic acid groups (broad SMARTS) is 1. The van der Waals surface area contributed by atoms with Gasteiger partial charge in [-0.15, -0.1) is 0 Å². The summed E-state index contributed by atoms with van der Waals surface area (Å²) in [6, 6.07) is 0. The average Bonchev–Trinajstić information content (AvgIpc) is 2.09. The van der Waals surface area contributed by atoms with Gasteiger partial charge in [0.15, 0.2) is 0 Å². The van der Waals surface area contributed by atoms with Gasteiger partial charge in [-0.05, 0) is 12.8 Å². The first-order valence-corrected chi connectivity index (χ1v) is 4.88. The number of amides is 1. The smallest absolute Gasteiger partial charge is 0.471 e. The second kappa shape index (κ2) is 5.94. The summed E-state index contributed by atoms with van der Waals surface area (Å²) in [5.41, 5.74) is 0. The number of rotatable bonds is 5. The lowest BCUT2D eigenvalue weighted by molar-refractivity contribution is -0.173. The molecular formula is C7H9BrF3NO3. The molecular weight excluding hydrogens is 283 g/mol. The van der Waals surface area contributed by atoms with Crippen LogP contribution < -0.4 is 5.32 Å². The molecule has 0 aromatic rings. The van der Waals surface area contributed by atoms with Gasteiger partial charge in [0.05, 0.1) is 0 Å². The minimum atomic E-state index is -4.89. The molecule has 0 rings (SSSR count). The quantitative estimate of drug-likeness (QED) is 0.593. The van der Waals surface area contributed by atoms with E-state index in [1.165, 1.54) is 0 Å². The Morgan fingerprint density at radius 1 is 1.40 bits per heavy atom. The van der Waals surface area contributed by atoms with E-state index in [0.29, 0.717) is 0 Å². The Kier molecular flexibility index (Phi) is 5.63. The summed E-state index contributed by atoms with van der Waals surface area (Å²) >= 11 is 2.81. The molecule has 0 aromatic heterocycles. The Balaban J connectivity index is 3.64. The first-order valence-electron chi connectivity index (χ1n) is 3.97. The number of nitrogens with one attached hydrogen (secondary N) is 1. The fourth-order valence-corrected chi connectivity index (χ4v) is 1.03. The Morgan fingerprint density at radius 3 is 2.33 bits per heavy atom. The van der Waals surface area contributed by atoms with Crippen molar-refractivity contribution in [2.75, 3.05) is 6.54 Å². The van der Waals surface area contributed by atoms with Crippen molar-refractivity contribution >= 4 is 27.8 Å². The predicted molar refractivity (Wildman–Crippen MR) is 48.6 cm³/mol. The number of aliphatic carboxylic acids is 1. The molecule has 0 unspecified atom stereocenters. The maximum atomic E-state index is 11.6. The highest BCUT2D eigenvalue weighted by Crippen LogP contribution is 2.14. The number of carbonyl (C=O) groups excluding carboxylic acids is 1. The second-order valence-corrected chi connectivity index (χ2v) is 3.81. The minimum Gasteiger partial charge on any atom is -0.480 e. The van der Waals surface area contributed by atoms with Crippen LogP contribution >= 0.6 is 15.9 Å². The lowest BCUT2D eigenvalue weighted by Crippen LogP contribution is -2.37. The van der Waals surface area contributed by atoms with Crippen LogP contribution in [0, 0.1) is 0 Å². The summed E-state index contributed by atoms with van der Waals surface area (Å²) in [5.74, 6) is -3.10. The highest BCUT2D eigenvalue weighted by Gasteiger charge is 2.38. The molecule has 0 aromatic carbocycles. The Bertz CT molecular complexity index is 244. The van der Waals surface area contributed by atoms with Gasteiger partial charge in [-0.2, -0.15) is 13.2 Å². The van der Waals surface area contributed by atoms with Crippen LogP contribution in [0.5, 0.6) is 0 Å². The van der Waals surface area contributed by atoms with Gasteiger partial charge >= 0.3 is 18.1 Å². The monoisotopic (exact) mass is 291 g/mol. The molecule has 0 aliphatic rings. The van der Waals surface area contributed by atoms with Crippen molar-refractivity contribution in [3.05, 3.63) is 0 Å². The summed E-state index contributed by atoms with van der Waals surface area (Å²) < 4.78 is 34.9. The lowest BCUT2D eigenvalue weighted by atomic mass is 10.2. The molecule has 0 spiro atoms. The van der Waals surface area contributed by atoms with Crippen molar-refractivity contribution < 1.29 is 27.9 Å². The zero-order valence-corrected chi connectivity index (χ0v) is 9.06. The zero-order valence-electron chi connectivity index (χ0n) is 7.47. The van der Waals surface area contributed by atoms with Gasteiger partial charge in [0, 0.05) is 6.54 Å². The largest absolute Gasteiger partial charge is 0.480 e. The van der Waals surface area contributed by atoms with Crippen molar-refractivity contribution in [1.29, 1.82) is 0 Å². The molecule has 0 fully saturated rings. The van der Waals surface area contributed by atoms with E-state index in [4.69, 9.17) is 5.11 Å². The third-order valence-corrected chi connectivity index (χ3v) is 2.29. The Hall–Kier alpha value is -0.790. The molecule has 1 atom stereocenters. The predicted octanol–water partition coefficient (Wildman–Crippen LogP) is 1.29. The molecule has 15 heavy (non-hydrogen) atoms. The van der Waals surface area contributed by atoms with Crippen molar-refractivity contribution in [3.8, 4) is 0 Å². The van der Waals surface area contributed by atoms with Gasteiger partial charge in [-0.25, -0.2) is 0 Å². The number of carboxylic acids is 1. The average molecular weight is 292 g/mol. The normalized spacial score (nSPS) is 13.3. The van der Waals surface area contributed by atoms with Crippen LogP contribution in [-0.4, -0.2) is 34.5 Å². The number of hydrogen-bond acceptors (Lipinski definition) is 2.